The van der Waals surface area contributed by atoms with Gasteiger partial charge in [0.1, 0.15) is 6.29 Å². The highest BCUT2D eigenvalue weighted by Crippen LogP contribution is 2.41. The second kappa shape index (κ2) is 7.03. The van der Waals surface area contributed by atoms with Crippen LogP contribution in [0.3, 0.4) is 0 Å². The molecule has 21 heavy (non-hydrogen) atoms. The van der Waals surface area contributed by atoms with Gasteiger partial charge < -0.3 is 15.4 Å². The first kappa shape index (κ1) is 15.2. The molecule has 2 fully saturated rings. The number of carbonyl (C=O) groups excluding carboxylic acids is 1. The van der Waals surface area contributed by atoms with Crippen LogP contribution in [0.15, 0.2) is 11.4 Å². The van der Waals surface area contributed by atoms with Crippen LogP contribution < -0.4 is 10.6 Å². The normalized spacial score (nSPS) is 29.5. The van der Waals surface area contributed by atoms with Crippen molar-refractivity contribution in [2.45, 2.75) is 50.6 Å². The Labute approximate surface area is 131 Å². The van der Waals surface area contributed by atoms with E-state index in [4.69, 9.17) is 0 Å². The van der Waals surface area contributed by atoms with Crippen molar-refractivity contribution >= 4 is 17.6 Å². The fourth-order valence-corrected chi connectivity index (χ4v) is 5.19. The van der Waals surface area contributed by atoms with Crippen molar-refractivity contribution in [1.82, 2.24) is 10.6 Å². The van der Waals surface area contributed by atoms with E-state index in [-0.39, 0.29) is 6.04 Å². The molecular formula is C17H26N2OS. The maximum atomic E-state index is 11.1. The summed E-state index contributed by atoms with van der Waals surface area (Å²) in [5.41, 5.74) is 1.32. The highest BCUT2D eigenvalue weighted by atomic mass is 32.1. The van der Waals surface area contributed by atoms with E-state index in [1.165, 1.54) is 42.5 Å². The van der Waals surface area contributed by atoms with Crippen molar-refractivity contribution in [3.8, 4) is 0 Å². The Kier molecular flexibility index (Phi) is 5.09. The molecule has 0 amide bonds. The number of rotatable bonds is 7. The van der Waals surface area contributed by atoms with Gasteiger partial charge in [0.05, 0.1) is 6.04 Å². The van der Waals surface area contributed by atoms with Crippen LogP contribution in [-0.2, 0) is 11.2 Å². The maximum Gasteiger partial charge on any atom is 0.142 e. The van der Waals surface area contributed by atoms with E-state index in [9.17, 15) is 4.79 Å². The van der Waals surface area contributed by atoms with Crippen LogP contribution in [0.5, 0.6) is 0 Å². The van der Waals surface area contributed by atoms with E-state index >= 15 is 0 Å². The second-order valence-electron chi connectivity index (χ2n) is 6.63. The topological polar surface area (TPSA) is 41.1 Å². The lowest BCUT2D eigenvalue weighted by molar-refractivity contribution is -0.109. The molecular weight excluding hydrogens is 280 g/mol. The third-order valence-corrected chi connectivity index (χ3v) is 6.27. The number of hydrogen-bond donors (Lipinski definition) is 2. The number of nitrogens with one attached hydrogen (secondary N) is 2. The highest BCUT2D eigenvalue weighted by molar-refractivity contribution is 7.10. The summed E-state index contributed by atoms with van der Waals surface area (Å²) in [5, 5.41) is 8.93. The van der Waals surface area contributed by atoms with E-state index < -0.39 is 0 Å². The smallest absolute Gasteiger partial charge is 0.142 e. The van der Waals surface area contributed by atoms with Crippen molar-refractivity contribution in [2.24, 2.45) is 11.8 Å². The lowest BCUT2D eigenvalue weighted by Gasteiger charge is -2.28. The Morgan fingerprint density at radius 1 is 1.33 bits per heavy atom. The standard InChI is InChI=1S/C17H26N2OS/c1-18-16(11-20)17-14(5-7-21-17)4-6-19-15-9-12-2-3-13(8-12)10-15/h5,7,11-13,15-16,18-19H,2-4,6,8-10H2,1H3. The van der Waals surface area contributed by atoms with Crippen molar-refractivity contribution in [3.05, 3.63) is 21.9 Å². The Bertz CT molecular complexity index is 461. The predicted molar refractivity (Wildman–Crippen MR) is 87.7 cm³/mol. The first-order valence-corrected chi connectivity index (χ1v) is 9.10. The fraction of sp³-hybridized carbons (Fsp3) is 0.706. The summed E-state index contributed by atoms with van der Waals surface area (Å²) in [4.78, 5) is 12.3. The van der Waals surface area contributed by atoms with Crippen molar-refractivity contribution in [1.29, 1.82) is 0 Å². The minimum Gasteiger partial charge on any atom is -0.314 e. The Morgan fingerprint density at radius 3 is 2.76 bits per heavy atom. The van der Waals surface area contributed by atoms with Gasteiger partial charge >= 0.3 is 0 Å². The molecule has 3 nitrogen and oxygen atoms in total. The number of likely N-dealkylation sites (N-methyl/N-ethyl adjacent to an activating group) is 1. The number of hydrogen-bond acceptors (Lipinski definition) is 4. The van der Waals surface area contributed by atoms with Crippen LogP contribution in [0.25, 0.3) is 0 Å². The molecule has 4 heteroatoms. The SMILES string of the molecule is CNC(C=O)c1sccc1CCNC1CC2CCC(C2)C1. The summed E-state index contributed by atoms with van der Waals surface area (Å²) in [5.74, 6) is 1.98. The molecule has 0 radical (unpaired) electrons. The molecule has 1 aromatic rings. The van der Waals surface area contributed by atoms with Gasteiger partial charge in [-0.1, -0.05) is 12.8 Å². The van der Waals surface area contributed by atoms with Crippen LogP contribution in [0.1, 0.15) is 48.6 Å². The third kappa shape index (κ3) is 3.55. The van der Waals surface area contributed by atoms with Crippen LogP contribution in [0.4, 0.5) is 0 Å². The zero-order valence-electron chi connectivity index (χ0n) is 12.8. The summed E-state index contributed by atoms with van der Waals surface area (Å²) < 4.78 is 0. The molecule has 2 aliphatic rings. The summed E-state index contributed by atoms with van der Waals surface area (Å²) in [7, 11) is 1.85. The molecule has 0 spiro atoms. The molecule has 3 rings (SSSR count). The number of aldehydes is 1. The van der Waals surface area contributed by atoms with E-state index in [0.29, 0.717) is 0 Å². The van der Waals surface area contributed by atoms with Gasteiger partial charge in [0, 0.05) is 10.9 Å². The Morgan fingerprint density at radius 2 is 2.10 bits per heavy atom. The predicted octanol–water partition coefficient (Wildman–Crippen LogP) is 2.92. The van der Waals surface area contributed by atoms with E-state index in [1.54, 1.807) is 11.3 Å². The minimum absolute atomic E-state index is 0.148. The Balaban J connectivity index is 1.49. The monoisotopic (exact) mass is 306 g/mol. The summed E-state index contributed by atoms with van der Waals surface area (Å²) in [6, 6.07) is 2.75. The second-order valence-corrected chi connectivity index (χ2v) is 7.58. The molecule has 0 aromatic carbocycles. The van der Waals surface area contributed by atoms with E-state index in [0.717, 1.165) is 37.1 Å². The molecule has 3 unspecified atom stereocenters. The van der Waals surface area contributed by atoms with Gasteiger partial charge in [-0.25, -0.2) is 0 Å². The average Bonchev–Trinajstić information content (AvgIpc) is 3.08. The molecule has 1 aromatic heterocycles. The maximum absolute atomic E-state index is 11.1. The van der Waals surface area contributed by atoms with Crippen molar-refractivity contribution < 1.29 is 4.79 Å². The largest absolute Gasteiger partial charge is 0.314 e. The molecule has 2 saturated carbocycles. The average molecular weight is 306 g/mol. The first-order chi connectivity index (χ1) is 10.3. The molecule has 2 bridgehead atoms. The summed E-state index contributed by atoms with van der Waals surface area (Å²) in [6.07, 6.45) is 9.18. The molecule has 1 heterocycles. The van der Waals surface area contributed by atoms with E-state index in [1.807, 2.05) is 7.05 Å². The Hall–Kier alpha value is -0.710. The number of carbonyl (C=O) groups is 1. The van der Waals surface area contributed by atoms with Crippen LogP contribution in [0, 0.1) is 11.8 Å². The lowest BCUT2D eigenvalue weighted by Crippen LogP contribution is -2.36. The van der Waals surface area contributed by atoms with Crippen LogP contribution in [0.2, 0.25) is 0 Å². The van der Waals surface area contributed by atoms with Crippen LogP contribution in [-0.4, -0.2) is 25.9 Å². The van der Waals surface area contributed by atoms with Gasteiger partial charge in [-0.05, 0) is 68.1 Å². The molecule has 116 valence electrons. The quantitative estimate of drug-likeness (QED) is 0.761. The summed E-state index contributed by atoms with van der Waals surface area (Å²) >= 11 is 1.68. The third-order valence-electron chi connectivity index (χ3n) is 5.22. The zero-order chi connectivity index (χ0) is 14.7. The highest BCUT2D eigenvalue weighted by Gasteiger charge is 2.33. The molecule has 0 aliphatic heterocycles. The number of fused-ring (bicyclic) bond motifs is 2. The zero-order valence-corrected chi connectivity index (χ0v) is 13.6. The molecule has 2 aliphatic carbocycles. The lowest BCUT2D eigenvalue weighted by atomic mass is 9.85. The van der Waals surface area contributed by atoms with E-state index in [2.05, 4.69) is 22.1 Å². The van der Waals surface area contributed by atoms with Crippen molar-refractivity contribution in [3.63, 3.8) is 0 Å². The minimum atomic E-state index is -0.148. The van der Waals surface area contributed by atoms with Gasteiger partial charge in [-0.15, -0.1) is 11.3 Å². The van der Waals surface area contributed by atoms with Gasteiger partial charge in [0.2, 0.25) is 0 Å². The fourth-order valence-electron chi connectivity index (χ4n) is 4.17. The van der Waals surface area contributed by atoms with Gasteiger partial charge in [-0.3, -0.25) is 0 Å². The van der Waals surface area contributed by atoms with Gasteiger partial charge in [0.15, 0.2) is 0 Å². The molecule has 3 atom stereocenters. The summed E-state index contributed by atoms with van der Waals surface area (Å²) in [6.45, 7) is 1.03. The molecule has 0 saturated heterocycles. The molecule has 2 N–H and O–H groups in total. The number of thiophene rings is 1. The van der Waals surface area contributed by atoms with Gasteiger partial charge in [0.25, 0.3) is 0 Å². The first-order valence-electron chi connectivity index (χ1n) is 8.22. The van der Waals surface area contributed by atoms with Crippen molar-refractivity contribution in [2.75, 3.05) is 13.6 Å². The van der Waals surface area contributed by atoms with Crippen LogP contribution >= 0.6 is 11.3 Å². The van der Waals surface area contributed by atoms with Gasteiger partial charge in [-0.2, -0.15) is 0 Å².